The van der Waals surface area contributed by atoms with E-state index in [-0.39, 0.29) is 5.97 Å². The molecule has 0 unspecified atom stereocenters. The SMILES string of the molecule is CCOC(=O)C(C)(C)N(C)Cc1ccc(Br)cc1. The van der Waals surface area contributed by atoms with Crippen LogP contribution in [-0.2, 0) is 16.1 Å². The van der Waals surface area contributed by atoms with E-state index in [1.807, 2.05) is 57.0 Å². The van der Waals surface area contributed by atoms with E-state index in [1.165, 1.54) is 0 Å². The van der Waals surface area contributed by atoms with Gasteiger partial charge in [0.1, 0.15) is 5.54 Å². The molecule has 18 heavy (non-hydrogen) atoms. The van der Waals surface area contributed by atoms with Gasteiger partial charge in [0, 0.05) is 11.0 Å². The fourth-order valence-electron chi connectivity index (χ4n) is 1.52. The fourth-order valence-corrected chi connectivity index (χ4v) is 1.79. The molecule has 0 spiro atoms. The second-order valence-corrected chi connectivity index (χ2v) is 5.68. The molecule has 0 aromatic heterocycles. The summed E-state index contributed by atoms with van der Waals surface area (Å²) in [5.74, 6) is -0.190. The summed E-state index contributed by atoms with van der Waals surface area (Å²) in [4.78, 5) is 13.9. The van der Waals surface area contributed by atoms with Crippen LogP contribution in [-0.4, -0.2) is 30.1 Å². The molecule has 0 radical (unpaired) electrons. The Bertz CT molecular complexity index is 401. The predicted molar refractivity (Wildman–Crippen MR) is 76.3 cm³/mol. The molecule has 100 valence electrons. The van der Waals surface area contributed by atoms with Crippen LogP contribution in [0.15, 0.2) is 28.7 Å². The third-order valence-electron chi connectivity index (χ3n) is 3.06. The van der Waals surface area contributed by atoms with Crippen LogP contribution in [0.5, 0.6) is 0 Å². The van der Waals surface area contributed by atoms with Gasteiger partial charge in [0.05, 0.1) is 6.61 Å². The quantitative estimate of drug-likeness (QED) is 0.782. The first-order chi connectivity index (χ1) is 8.37. The Morgan fingerprint density at radius 1 is 1.33 bits per heavy atom. The van der Waals surface area contributed by atoms with Gasteiger partial charge in [-0.3, -0.25) is 9.69 Å². The molecule has 1 rings (SSSR count). The zero-order chi connectivity index (χ0) is 13.8. The lowest BCUT2D eigenvalue weighted by molar-refractivity contribution is -0.155. The van der Waals surface area contributed by atoms with Gasteiger partial charge in [0.2, 0.25) is 0 Å². The van der Waals surface area contributed by atoms with Crippen LogP contribution in [0.25, 0.3) is 0 Å². The third kappa shape index (κ3) is 3.82. The zero-order valence-electron chi connectivity index (χ0n) is 11.4. The van der Waals surface area contributed by atoms with Gasteiger partial charge in [0.15, 0.2) is 0 Å². The largest absolute Gasteiger partial charge is 0.465 e. The topological polar surface area (TPSA) is 29.5 Å². The Balaban J connectivity index is 2.72. The molecule has 0 aliphatic rings. The minimum Gasteiger partial charge on any atom is -0.465 e. The Kier molecular flexibility index (Phi) is 5.35. The van der Waals surface area contributed by atoms with E-state index >= 15 is 0 Å². The van der Waals surface area contributed by atoms with Crippen LogP contribution in [0.4, 0.5) is 0 Å². The highest BCUT2D eigenvalue weighted by Gasteiger charge is 2.33. The maximum Gasteiger partial charge on any atom is 0.325 e. The molecular weight excluding hydrogens is 294 g/mol. The first-order valence-corrected chi connectivity index (χ1v) is 6.80. The van der Waals surface area contributed by atoms with E-state index in [0.29, 0.717) is 13.2 Å². The number of carbonyl (C=O) groups excluding carboxylic acids is 1. The predicted octanol–water partition coefficient (Wildman–Crippen LogP) is 3.22. The standard InChI is InChI=1S/C14H20BrNO2/c1-5-18-13(17)14(2,3)16(4)10-11-6-8-12(15)9-7-11/h6-9H,5,10H2,1-4H3. The van der Waals surface area contributed by atoms with E-state index in [9.17, 15) is 4.79 Å². The Morgan fingerprint density at radius 2 is 1.89 bits per heavy atom. The summed E-state index contributed by atoms with van der Waals surface area (Å²) in [6.07, 6.45) is 0. The van der Waals surface area contributed by atoms with Crippen molar-refractivity contribution in [3.8, 4) is 0 Å². The van der Waals surface area contributed by atoms with Gasteiger partial charge in [-0.15, -0.1) is 0 Å². The van der Waals surface area contributed by atoms with Gasteiger partial charge in [-0.25, -0.2) is 0 Å². The summed E-state index contributed by atoms with van der Waals surface area (Å²) in [7, 11) is 1.93. The number of ether oxygens (including phenoxy) is 1. The minimum absolute atomic E-state index is 0.190. The number of likely N-dealkylation sites (N-methyl/N-ethyl adjacent to an activating group) is 1. The van der Waals surface area contributed by atoms with Crippen molar-refractivity contribution >= 4 is 21.9 Å². The lowest BCUT2D eigenvalue weighted by atomic mass is 10.0. The van der Waals surface area contributed by atoms with E-state index in [1.54, 1.807) is 0 Å². The van der Waals surface area contributed by atoms with Gasteiger partial charge in [0.25, 0.3) is 0 Å². The number of hydrogen-bond donors (Lipinski definition) is 0. The average Bonchev–Trinajstić information content (AvgIpc) is 2.32. The van der Waals surface area contributed by atoms with Gasteiger partial charge in [-0.1, -0.05) is 28.1 Å². The summed E-state index contributed by atoms with van der Waals surface area (Å²) in [5, 5.41) is 0. The smallest absolute Gasteiger partial charge is 0.325 e. The van der Waals surface area contributed by atoms with Crippen LogP contribution in [0, 0.1) is 0 Å². The number of halogens is 1. The molecule has 0 bridgehead atoms. The van der Waals surface area contributed by atoms with Crippen molar-refractivity contribution in [2.45, 2.75) is 32.9 Å². The molecule has 0 N–H and O–H groups in total. The van der Waals surface area contributed by atoms with Crippen LogP contribution >= 0.6 is 15.9 Å². The molecule has 1 aromatic rings. The first-order valence-electron chi connectivity index (χ1n) is 6.00. The van der Waals surface area contributed by atoms with E-state index < -0.39 is 5.54 Å². The van der Waals surface area contributed by atoms with Crippen molar-refractivity contribution in [1.29, 1.82) is 0 Å². The van der Waals surface area contributed by atoms with Crippen molar-refractivity contribution < 1.29 is 9.53 Å². The van der Waals surface area contributed by atoms with Crippen molar-refractivity contribution in [2.24, 2.45) is 0 Å². The van der Waals surface area contributed by atoms with Crippen molar-refractivity contribution in [3.63, 3.8) is 0 Å². The van der Waals surface area contributed by atoms with E-state index in [2.05, 4.69) is 15.9 Å². The van der Waals surface area contributed by atoms with Crippen molar-refractivity contribution in [3.05, 3.63) is 34.3 Å². The number of carbonyl (C=O) groups is 1. The summed E-state index contributed by atoms with van der Waals surface area (Å²) < 4.78 is 6.15. The fraction of sp³-hybridized carbons (Fsp3) is 0.500. The number of nitrogens with zero attached hydrogens (tertiary/aromatic N) is 1. The molecule has 0 fully saturated rings. The van der Waals surface area contributed by atoms with Gasteiger partial charge < -0.3 is 4.74 Å². The minimum atomic E-state index is -0.622. The molecule has 0 saturated carbocycles. The van der Waals surface area contributed by atoms with Gasteiger partial charge in [-0.05, 0) is 45.5 Å². The normalized spacial score (nSPS) is 11.7. The third-order valence-corrected chi connectivity index (χ3v) is 3.59. The molecule has 0 atom stereocenters. The Hall–Kier alpha value is -0.870. The lowest BCUT2D eigenvalue weighted by Gasteiger charge is -2.33. The summed E-state index contributed by atoms with van der Waals surface area (Å²) in [5.41, 5.74) is 0.543. The van der Waals surface area contributed by atoms with Crippen LogP contribution in [0.1, 0.15) is 26.3 Å². The highest BCUT2D eigenvalue weighted by atomic mass is 79.9. The number of benzene rings is 1. The highest BCUT2D eigenvalue weighted by Crippen LogP contribution is 2.19. The van der Waals surface area contributed by atoms with Crippen molar-refractivity contribution in [2.75, 3.05) is 13.7 Å². The van der Waals surface area contributed by atoms with E-state index in [4.69, 9.17) is 4.74 Å². The molecule has 4 heteroatoms. The van der Waals surface area contributed by atoms with Crippen LogP contribution in [0.2, 0.25) is 0 Å². The summed E-state index contributed by atoms with van der Waals surface area (Å²) in [6.45, 7) is 6.70. The molecule has 3 nitrogen and oxygen atoms in total. The molecule has 0 aliphatic heterocycles. The van der Waals surface area contributed by atoms with Gasteiger partial charge in [-0.2, -0.15) is 0 Å². The molecule has 0 aliphatic carbocycles. The Labute approximate surface area is 117 Å². The average molecular weight is 314 g/mol. The summed E-state index contributed by atoms with van der Waals surface area (Å²) >= 11 is 3.41. The first kappa shape index (κ1) is 15.2. The number of rotatable bonds is 5. The molecule has 0 saturated heterocycles. The van der Waals surface area contributed by atoms with Crippen LogP contribution in [0.3, 0.4) is 0 Å². The van der Waals surface area contributed by atoms with Gasteiger partial charge >= 0.3 is 5.97 Å². The summed E-state index contributed by atoms with van der Waals surface area (Å²) in [6, 6.07) is 8.09. The second kappa shape index (κ2) is 6.34. The molecule has 0 heterocycles. The highest BCUT2D eigenvalue weighted by molar-refractivity contribution is 9.10. The second-order valence-electron chi connectivity index (χ2n) is 4.76. The molecular formula is C14H20BrNO2. The monoisotopic (exact) mass is 313 g/mol. The maximum atomic E-state index is 11.9. The maximum absolute atomic E-state index is 11.9. The zero-order valence-corrected chi connectivity index (χ0v) is 13.0. The molecule has 0 amide bonds. The Morgan fingerprint density at radius 3 is 2.39 bits per heavy atom. The van der Waals surface area contributed by atoms with Crippen LogP contribution < -0.4 is 0 Å². The number of hydrogen-bond acceptors (Lipinski definition) is 3. The van der Waals surface area contributed by atoms with E-state index in [0.717, 1.165) is 10.0 Å². The number of esters is 1. The van der Waals surface area contributed by atoms with Crippen molar-refractivity contribution in [1.82, 2.24) is 4.90 Å². The molecule has 1 aromatic carbocycles. The lowest BCUT2D eigenvalue weighted by Crippen LogP contribution is -2.48.